The van der Waals surface area contributed by atoms with Gasteiger partial charge in [0, 0.05) is 19.1 Å². The van der Waals surface area contributed by atoms with Crippen molar-refractivity contribution < 1.29 is 0 Å². The molecule has 1 aliphatic rings. The average molecular weight is 221 g/mol. The SMILES string of the molecule is NCC1CCN1c1ncnc2scnc12. The van der Waals surface area contributed by atoms with Crippen molar-refractivity contribution in [2.24, 2.45) is 5.73 Å². The third-order valence-electron chi connectivity index (χ3n) is 2.80. The van der Waals surface area contributed by atoms with Gasteiger partial charge in [0.1, 0.15) is 16.7 Å². The molecule has 1 atom stereocenters. The number of fused-ring (bicyclic) bond motifs is 1. The summed E-state index contributed by atoms with van der Waals surface area (Å²) in [4.78, 5) is 15.9. The number of hydrogen-bond donors (Lipinski definition) is 1. The highest BCUT2D eigenvalue weighted by Gasteiger charge is 2.29. The molecule has 0 spiro atoms. The fourth-order valence-electron chi connectivity index (χ4n) is 1.86. The molecular formula is C9H11N5S. The van der Waals surface area contributed by atoms with Gasteiger partial charge in [0.05, 0.1) is 5.51 Å². The fraction of sp³-hybridized carbons (Fsp3) is 0.444. The minimum atomic E-state index is 0.421. The predicted molar refractivity (Wildman–Crippen MR) is 60.0 cm³/mol. The molecule has 15 heavy (non-hydrogen) atoms. The summed E-state index contributed by atoms with van der Waals surface area (Å²) >= 11 is 1.54. The first kappa shape index (κ1) is 8.99. The van der Waals surface area contributed by atoms with Crippen LogP contribution in [0.3, 0.4) is 0 Å². The highest BCUT2D eigenvalue weighted by Crippen LogP contribution is 2.30. The lowest BCUT2D eigenvalue weighted by Gasteiger charge is -2.41. The zero-order chi connectivity index (χ0) is 10.3. The molecule has 1 fully saturated rings. The van der Waals surface area contributed by atoms with Gasteiger partial charge in [-0.15, -0.1) is 11.3 Å². The van der Waals surface area contributed by atoms with Gasteiger partial charge in [0.25, 0.3) is 0 Å². The van der Waals surface area contributed by atoms with Crippen LogP contribution >= 0.6 is 11.3 Å². The topological polar surface area (TPSA) is 67.9 Å². The van der Waals surface area contributed by atoms with Crippen LogP contribution in [0.1, 0.15) is 6.42 Å². The quantitative estimate of drug-likeness (QED) is 0.805. The Labute approximate surface area is 91.0 Å². The highest BCUT2D eigenvalue weighted by atomic mass is 32.1. The first-order valence-electron chi connectivity index (χ1n) is 4.91. The van der Waals surface area contributed by atoms with Crippen LogP contribution in [0.5, 0.6) is 0 Å². The predicted octanol–water partition coefficient (Wildman–Crippen LogP) is 0.624. The van der Waals surface area contributed by atoms with E-state index in [4.69, 9.17) is 5.73 Å². The molecule has 0 aromatic carbocycles. The summed E-state index contributed by atoms with van der Waals surface area (Å²) in [6, 6.07) is 0.421. The summed E-state index contributed by atoms with van der Waals surface area (Å²) in [5.74, 6) is 0.933. The van der Waals surface area contributed by atoms with Gasteiger partial charge in [-0.25, -0.2) is 15.0 Å². The lowest BCUT2D eigenvalue weighted by atomic mass is 10.0. The molecule has 2 N–H and O–H groups in total. The van der Waals surface area contributed by atoms with E-state index in [-0.39, 0.29) is 0 Å². The molecule has 1 unspecified atom stereocenters. The van der Waals surface area contributed by atoms with Crippen molar-refractivity contribution in [3.05, 3.63) is 11.8 Å². The Morgan fingerprint density at radius 2 is 2.40 bits per heavy atom. The Hall–Kier alpha value is -1.27. The second kappa shape index (κ2) is 3.39. The van der Waals surface area contributed by atoms with Gasteiger partial charge >= 0.3 is 0 Å². The zero-order valence-electron chi connectivity index (χ0n) is 8.13. The molecule has 6 heteroatoms. The first-order valence-corrected chi connectivity index (χ1v) is 5.79. The maximum absolute atomic E-state index is 5.68. The lowest BCUT2D eigenvalue weighted by molar-refractivity contribution is 0.453. The standard InChI is InChI=1S/C9H11N5S/c10-3-6-1-2-14(6)8-7-9(12-4-11-8)15-5-13-7/h4-6H,1-3,10H2. The molecule has 0 radical (unpaired) electrons. The summed E-state index contributed by atoms with van der Waals surface area (Å²) in [5, 5.41) is 0. The fourth-order valence-corrected chi connectivity index (χ4v) is 2.48. The summed E-state index contributed by atoms with van der Waals surface area (Å²) in [6.07, 6.45) is 2.74. The normalized spacial score (nSPS) is 20.6. The van der Waals surface area contributed by atoms with Gasteiger partial charge < -0.3 is 10.6 Å². The summed E-state index contributed by atoms with van der Waals surface area (Å²) in [7, 11) is 0. The van der Waals surface area contributed by atoms with E-state index in [9.17, 15) is 0 Å². The lowest BCUT2D eigenvalue weighted by Crippen LogP contribution is -2.52. The number of nitrogens with two attached hydrogens (primary N) is 1. The van der Waals surface area contributed by atoms with E-state index < -0.39 is 0 Å². The average Bonchev–Trinajstić information content (AvgIpc) is 2.65. The Bertz CT molecular complexity index is 480. The number of nitrogens with zero attached hydrogens (tertiary/aromatic N) is 4. The number of hydrogen-bond acceptors (Lipinski definition) is 6. The molecule has 5 nitrogen and oxygen atoms in total. The van der Waals surface area contributed by atoms with Crippen LogP contribution in [-0.4, -0.2) is 34.1 Å². The van der Waals surface area contributed by atoms with E-state index in [0.717, 1.165) is 29.1 Å². The molecule has 1 aliphatic heterocycles. The maximum Gasteiger partial charge on any atom is 0.159 e. The van der Waals surface area contributed by atoms with Crippen LogP contribution in [0.25, 0.3) is 10.3 Å². The number of thiazole rings is 1. The van der Waals surface area contributed by atoms with Crippen LogP contribution in [0.2, 0.25) is 0 Å². The van der Waals surface area contributed by atoms with Crippen molar-refractivity contribution in [2.45, 2.75) is 12.5 Å². The monoisotopic (exact) mass is 221 g/mol. The molecule has 78 valence electrons. The number of aromatic nitrogens is 3. The van der Waals surface area contributed by atoms with E-state index in [1.807, 2.05) is 0 Å². The second-order valence-corrected chi connectivity index (χ2v) is 4.41. The first-order chi connectivity index (χ1) is 7.40. The summed E-state index contributed by atoms with van der Waals surface area (Å²) in [5.41, 5.74) is 8.39. The van der Waals surface area contributed by atoms with E-state index in [2.05, 4.69) is 19.9 Å². The van der Waals surface area contributed by atoms with Crippen LogP contribution in [-0.2, 0) is 0 Å². The highest BCUT2D eigenvalue weighted by molar-refractivity contribution is 7.16. The van der Waals surface area contributed by atoms with E-state index in [0.29, 0.717) is 12.6 Å². The van der Waals surface area contributed by atoms with Crippen LogP contribution < -0.4 is 10.6 Å². The summed E-state index contributed by atoms with van der Waals surface area (Å²) < 4.78 is 0. The molecule has 0 bridgehead atoms. The molecule has 2 aromatic heterocycles. The molecule has 3 heterocycles. The van der Waals surface area contributed by atoms with Gasteiger partial charge in [-0.2, -0.15) is 0 Å². The molecule has 1 saturated heterocycles. The molecule has 2 aromatic rings. The van der Waals surface area contributed by atoms with Crippen molar-refractivity contribution >= 4 is 27.5 Å². The third-order valence-corrected chi connectivity index (χ3v) is 3.54. The smallest absolute Gasteiger partial charge is 0.159 e. The van der Waals surface area contributed by atoms with Gasteiger partial charge in [-0.3, -0.25) is 0 Å². The van der Waals surface area contributed by atoms with Crippen molar-refractivity contribution in [1.29, 1.82) is 0 Å². The molecular weight excluding hydrogens is 210 g/mol. The summed E-state index contributed by atoms with van der Waals surface area (Å²) in [6.45, 7) is 1.70. The van der Waals surface area contributed by atoms with Crippen LogP contribution in [0, 0.1) is 0 Å². The van der Waals surface area contributed by atoms with E-state index >= 15 is 0 Å². The minimum absolute atomic E-state index is 0.421. The minimum Gasteiger partial charge on any atom is -0.350 e. The molecule has 0 amide bonds. The van der Waals surface area contributed by atoms with Gasteiger partial charge in [0.2, 0.25) is 0 Å². The molecule has 0 saturated carbocycles. The van der Waals surface area contributed by atoms with E-state index in [1.54, 1.807) is 23.2 Å². The van der Waals surface area contributed by atoms with Crippen molar-refractivity contribution in [3.8, 4) is 0 Å². The van der Waals surface area contributed by atoms with Gasteiger partial charge in [-0.05, 0) is 6.42 Å². The molecule has 0 aliphatic carbocycles. The van der Waals surface area contributed by atoms with E-state index in [1.165, 1.54) is 0 Å². The van der Waals surface area contributed by atoms with Crippen molar-refractivity contribution in [1.82, 2.24) is 15.0 Å². The Morgan fingerprint density at radius 3 is 3.13 bits per heavy atom. The Kier molecular flexibility index (Phi) is 2.03. The zero-order valence-corrected chi connectivity index (χ0v) is 8.94. The Morgan fingerprint density at radius 1 is 1.47 bits per heavy atom. The largest absolute Gasteiger partial charge is 0.350 e. The second-order valence-electron chi connectivity index (χ2n) is 3.57. The van der Waals surface area contributed by atoms with Gasteiger partial charge in [0.15, 0.2) is 5.82 Å². The van der Waals surface area contributed by atoms with Gasteiger partial charge in [-0.1, -0.05) is 0 Å². The third kappa shape index (κ3) is 1.29. The Balaban J connectivity index is 2.06. The molecule has 3 rings (SSSR count). The van der Waals surface area contributed by atoms with Crippen LogP contribution in [0.15, 0.2) is 11.8 Å². The van der Waals surface area contributed by atoms with Crippen molar-refractivity contribution in [2.75, 3.05) is 18.0 Å². The number of anilines is 1. The maximum atomic E-state index is 5.68. The van der Waals surface area contributed by atoms with Crippen molar-refractivity contribution in [3.63, 3.8) is 0 Å². The number of rotatable bonds is 2. The van der Waals surface area contributed by atoms with Crippen LogP contribution in [0.4, 0.5) is 5.82 Å².